The lowest BCUT2D eigenvalue weighted by molar-refractivity contribution is -0.153. The van der Waals surface area contributed by atoms with Crippen molar-refractivity contribution in [2.24, 2.45) is 11.8 Å². The van der Waals surface area contributed by atoms with Crippen LogP contribution in [0.25, 0.3) is 11.1 Å². The summed E-state index contributed by atoms with van der Waals surface area (Å²) in [4.78, 5) is 37.3. The van der Waals surface area contributed by atoms with E-state index >= 15 is 0 Å². The Morgan fingerprint density at radius 3 is 2.14 bits per heavy atom. The topological polar surface area (TPSA) is 72.5 Å². The predicted molar refractivity (Wildman–Crippen MR) is 105 cm³/mol. The first-order chi connectivity index (χ1) is 13.5. The Labute approximate surface area is 164 Å². The largest absolute Gasteiger partial charge is 0.464 e. The zero-order valence-corrected chi connectivity index (χ0v) is 16.0. The number of benzene rings is 2. The molecule has 4 rings (SSSR count). The van der Waals surface area contributed by atoms with Crippen molar-refractivity contribution < 1.29 is 19.1 Å². The van der Waals surface area contributed by atoms with E-state index in [1.54, 1.807) is 0 Å². The third kappa shape index (κ3) is 3.11. The van der Waals surface area contributed by atoms with E-state index in [1.807, 2.05) is 50.2 Å². The molecule has 28 heavy (non-hydrogen) atoms. The average Bonchev–Trinajstić information content (AvgIpc) is 3.13. The predicted octanol–water partition coefficient (Wildman–Crippen LogP) is 3.07. The molecule has 0 bridgehead atoms. The van der Waals surface area contributed by atoms with Gasteiger partial charge in [-0.25, -0.2) is 0 Å². The molecule has 2 aromatic carbocycles. The van der Waals surface area contributed by atoms with E-state index in [-0.39, 0.29) is 24.2 Å². The molecular formula is C23H23NO4. The van der Waals surface area contributed by atoms with Crippen LogP contribution in [0.1, 0.15) is 37.3 Å². The summed E-state index contributed by atoms with van der Waals surface area (Å²) in [7, 11) is 0. The number of carbonyl (C=O) groups excluding carboxylic acids is 3. The molecule has 144 valence electrons. The van der Waals surface area contributed by atoms with Crippen LogP contribution in [0.15, 0.2) is 48.5 Å². The summed E-state index contributed by atoms with van der Waals surface area (Å²) in [5.74, 6) is -2.88. The van der Waals surface area contributed by atoms with Gasteiger partial charge in [-0.15, -0.1) is 0 Å². The summed E-state index contributed by atoms with van der Waals surface area (Å²) >= 11 is 0. The van der Waals surface area contributed by atoms with Crippen molar-refractivity contribution in [2.45, 2.75) is 32.2 Å². The number of carbonyl (C=O) groups is 3. The molecule has 1 N–H and O–H groups in total. The van der Waals surface area contributed by atoms with Gasteiger partial charge < -0.3 is 10.1 Å². The number of fused-ring (bicyclic) bond motifs is 3. The lowest BCUT2D eigenvalue weighted by Crippen LogP contribution is -2.31. The molecule has 0 aromatic heterocycles. The fraction of sp³-hybridized carbons (Fsp3) is 0.348. The van der Waals surface area contributed by atoms with Crippen LogP contribution in [0.5, 0.6) is 0 Å². The number of rotatable bonds is 5. The van der Waals surface area contributed by atoms with Crippen LogP contribution in [0.3, 0.4) is 0 Å². The van der Waals surface area contributed by atoms with Gasteiger partial charge in [0.25, 0.3) is 0 Å². The number of hydrogen-bond acceptors (Lipinski definition) is 4. The number of amides is 1. The van der Waals surface area contributed by atoms with Gasteiger partial charge in [-0.3, -0.25) is 14.4 Å². The maximum Gasteiger partial charge on any atom is 0.326 e. The van der Waals surface area contributed by atoms with Crippen molar-refractivity contribution in [2.75, 3.05) is 6.61 Å². The molecule has 5 nitrogen and oxygen atoms in total. The van der Waals surface area contributed by atoms with E-state index in [0.29, 0.717) is 6.42 Å². The van der Waals surface area contributed by atoms with Crippen LogP contribution in [0, 0.1) is 11.8 Å². The lowest BCUT2D eigenvalue weighted by atomic mass is 9.96. The Balaban J connectivity index is 1.50. The molecule has 0 spiro atoms. The molecule has 5 heteroatoms. The van der Waals surface area contributed by atoms with Crippen molar-refractivity contribution in [1.29, 1.82) is 0 Å². The van der Waals surface area contributed by atoms with Crippen LogP contribution in [-0.4, -0.2) is 30.3 Å². The minimum absolute atomic E-state index is 0.0950. The van der Waals surface area contributed by atoms with Gasteiger partial charge in [-0.2, -0.15) is 0 Å². The first-order valence-corrected chi connectivity index (χ1v) is 9.66. The van der Waals surface area contributed by atoms with Crippen LogP contribution in [0.2, 0.25) is 0 Å². The van der Waals surface area contributed by atoms with Crippen molar-refractivity contribution in [3.05, 3.63) is 59.7 Å². The normalized spacial score (nSPS) is 20.8. The van der Waals surface area contributed by atoms with Crippen molar-refractivity contribution in [1.82, 2.24) is 5.32 Å². The summed E-state index contributed by atoms with van der Waals surface area (Å²) in [5.41, 5.74) is 4.45. The summed E-state index contributed by atoms with van der Waals surface area (Å²) in [6.07, 6.45) is 0.526. The van der Waals surface area contributed by atoms with E-state index < -0.39 is 23.8 Å². The molecular weight excluding hydrogens is 354 g/mol. The van der Waals surface area contributed by atoms with Crippen LogP contribution in [0.4, 0.5) is 0 Å². The maximum absolute atomic E-state index is 12.6. The summed E-state index contributed by atoms with van der Waals surface area (Å²) < 4.78 is 5.50. The third-order valence-electron chi connectivity index (χ3n) is 5.50. The highest BCUT2D eigenvalue weighted by molar-refractivity contribution is 6.22. The second-order valence-corrected chi connectivity index (χ2v) is 7.88. The van der Waals surface area contributed by atoms with Gasteiger partial charge in [0.05, 0.1) is 6.04 Å². The number of esters is 1. The standard InChI is InChI=1S/C23H23NO4/c1-13(2)11-19-21(25)20(22(26)24-19)23(27)28-12-18-16-9-5-3-7-14(16)15-8-4-6-10-17(15)18/h3-10,13,18-20H,11-12H2,1-2H3,(H,24,26)/t19-,20?/m0/s1. The van der Waals surface area contributed by atoms with Gasteiger partial charge in [0.1, 0.15) is 6.61 Å². The molecule has 0 saturated carbocycles. The molecule has 1 heterocycles. The van der Waals surface area contributed by atoms with E-state index in [4.69, 9.17) is 4.74 Å². The highest BCUT2D eigenvalue weighted by atomic mass is 16.5. The van der Waals surface area contributed by atoms with Gasteiger partial charge in [-0.1, -0.05) is 62.4 Å². The van der Waals surface area contributed by atoms with Crippen LogP contribution in [-0.2, 0) is 19.1 Å². The summed E-state index contributed by atoms with van der Waals surface area (Å²) in [6.45, 7) is 4.05. The monoisotopic (exact) mass is 377 g/mol. The fourth-order valence-corrected chi connectivity index (χ4v) is 4.21. The van der Waals surface area contributed by atoms with Gasteiger partial charge >= 0.3 is 5.97 Å². The second kappa shape index (κ2) is 7.23. The minimum Gasteiger partial charge on any atom is -0.464 e. The number of nitrogens with one attached hydrogen (secondary N) is 1. The molecule has 2 atom stereocenters. The molecule has 1 amide bonds. The molecule has 0 radical (unpaired) electrons. The van der Waals surface area contributed by atoms with Crippen molar-refractivity contribution in [3.8, 4) is 11.1 Å². The molecule has 1 unspecified atom stereocenters. The van der Waals surface area contributed by atoms with Crippen LogP contribution < -0.4 is 5.32 Å². The molecule has 1 saturated heterocycles. The first-order valence-electron chi connectivity index (χ1n) is 9.66. The molecule has 1 aliphatic heterocycles. The highest BCUT2D eigenvalue weighted by Crippen LogP contribution is 2.44. The molecule has 1 fully saturated rings. The lowest BCUT2D eigenvalue weighted by Gasteiger charge is -2.15. The molecule has 2 aliphatic rings. The van der Waals surface area contributed by atoms with E-state index in [2.05, 4.69) is 17.4 Å². The van der Waals surface area contributed by atoms with Gasteiger partial charge in [0.2, 0.25) is 5.91 Å². The zero-order chi connectivity index (χ0) is 19.8. The third-order valence-corrected chi connectivity index (χ3v) is 5.50. The minimum atomic E-state index is -1.35. The van der Waals surface area contributed by atoms with Gasteiger partial charge in [-0.05, 0) is 34.6 Å². The smallest absolute Gasteiger partial charge is 0.326 e. The Hall–Kier alpha value is -2.95. The maximum atomic E-state index is 12.6. The van der Waals surface area contributed by atoms with Crippen molar-refractivity contribution in [3.63, 3.8) is 0 Å². The second-order valence-electron chi connectivity index (χ2n) is 7.88. The number of ketones is 1. The molecule has 1 aliphatic carbocycles. The van der Waals surface area contributed by atoms with Crippen LogP contribution >= 0.6 is 0 Å². The zero-order valence-electron chi connectivity index (χ0n) is 16.0. The Morgan fingerprint density at radius 1 is 1.00 bits per heavy atom. The SMILES string of the molecule is CC(C)C[C@@H]1NC(=O)C(C(=O)OCC2c3ccccc3-c3ccccc32)C1=O. The van der Waals surface area contributed by atoms with E-state index in [9.17, 15) is 14.4 Å². The highest BCUT2D eigenvalue weighted by Gasteiger charge is 2.46. The number of ether oxygens (including phenoxy) is 1. The summed E-state index contributed by atoms with van der Waals surface area (Å²) in [6, 6.07) is 15.5. The first kappa shape index (κ1) is 18.4. The molecule has 2 aromatic rings. The Kier molecular flexibility index (Phi) is 4.75. The quantitative estimate of drug-likeness (QED) is 0.642. The number of hydrogen-bond donors (Lipinski definition) is 1. The average molecular weight is 377 g/mol. The van der Waals surface area contributed by atoms with Gasteiger partial charge in [0, 0.05) is 5.92 Å². The van der Waals surface area contributed by atoms with Crippen molar-refractivity contribution >= 4 is 17.7 Å². The number of Topliss-reactive ketones (excluding diaryl/α,β-unsaturated/α-hetero) is 1. The Bertz CT molecular complexity index is 904. The fourth-order valence-electron chi connectivity index (χ4n) is 4.21. The van der Waals surface area contributed by atoms with E-state index in [0.717, 1.165) is 22.3 Å². The van der Waals surface area contributed by atoms with E-state index in [1.165, 1.54) is 0 Å². The summed E-state index contributed by atoms with van der Waals surface area (Å²) in [5, 5.41) is 2.64. The Morgan fingerprint density at radius 2 is 1.57 bits per heavy atom. The van der Waals surface area contributed by atoms with Gasteiger partial charge in [0.15, 0.2) is 11.7 Å².